The van der Waals surface area contributed by atoms with Crippen LogP contribution in [-0.2, 0) is 6.61 Å². The average molecular weight is 342 g/mol. The fourth-order valence-electron chi connectivity index (χ4n) is 1.58. The van der Waals surface area contributed by atoms with E-state index in [0.717, 1.165) is 5.56 Å². The molecule has 0 unspecified atom stereocenters. The van der Waals surface area contributed by atoms with E-state index in [0.29, 0.717) is 16.8 Å². The van der Waals surface area contributed by atoms with Crippen molar-refractivity contribution in [2.45, 2.75) is 6.61 Å². The molecule has 0 saturated carbocycles. The molecule has 2 rings (SSSR count). The Labute approximate surface area is 123 Å². The number of carboxylic acids is 1. The van der Waals surface area contributed by atoms with Crippen LogP contribution in [0.5, 0.6) is 5.75 Å². The van der Waals surface area contributed by atoms with E-state index in [1.165, 1.54) is 0 Å². The topological polar surface area (TPSA) is 46.5 Å². The first-order valence-corrected chi connectivity index (χ1v) is 6.64. The molecule has 0 atom stereocenters. The normalized spacial score (nSPS) is 10.2. The Morgan fingerprint density at radius 1 is 1.21 bits per heavy atom. The Kier molecular flexibility index (Phi) is 4.45. The zero-order chi connectivity index (χ0) is 13.8. The number of aromatic carboxylic acids is 1. The Bertz CT molecular complexity index is 599. The molecule has 0 aliphatic carbocycles. The van der Waals surface area contributed by atoms with Crippen LogP contribution in [0.4, 0.5) is 0 Å². The maximum Gasteiger partial charge on any atom is 0.338 e. The SMILES string of the molecule is O=C(O)c1c(Br)ccc(OCc2ccccc2)c1Cl. The van der Waals surface area contributed by atoms with Crippen LogP contribution in [0.3, 0.4) is 0 Å². The Balaban J connectivity index is 2.22. The van der Waals surface area contributed by atoms with Crippen molar-refractivity contribution in [3.05, 3.63) is 63.1 Å². The van der Waals surface area contributed by atoms with Crippen molar-refractivity contribution in [1.29, 1.82) is 0 Å². The van der Waals surface area contributed by atoms with E-state index in [4.69, 9.17) is 21.4 Å². The second-order valence-electron chi connectivity index (χ2n) is 3.81. The summed E-state index contributed by atoms with van der Waals surface area (Å²) in [6, 6.07) is 12.8. The number of benzene rings is 2. The summed E-state index contributed by atoms with van der Waals surface area (Å²) in [6.07, 6.45) is 0. The molecule has 3 nitrogen and oxygen atoms in total. The van der Waals surface area contributed by atoms with Crippen molar-refractivity contribution in [2.24, 2.45) is 0 Å². The van der Waals surface area contributed by atoms with Crippen molar-refractivity contribution in [3.63, 3.8) is 0 Å². The van der Waals surface area contributed by atoms with E-state index in [1.54, 1.807) is 12.1 Å². The maximum atomic E-state index is 11.1. The van der Waals surface area contributed by atoms with Crippen molar-refractivity contribution >= 4 is 33.5 Å². The molecule has 0 heterocycles. The van der Waals surface area contributed by atoms with Crippen molar-refractivity contribution in [2.75, 3.05) is 0 Å². The van der Waals surface area contributed by atoms with Gasteiger partial charge in [-0.3, -0.25) is 0 Å². The van der Waals surface area contributed by atoms with Crippen molar-refractivity contribution < 1.29 is 14.6 Å². The number of ether oxygens (including phenoxy) is 1. The van der Waals surface area contributed by atoms with Gasteiger partial charge in [-0.1, -0.05) is 41.9 Å². The van der Waals surface area contributed by atoms with Gasteiger partial charge < -0.3 is 9.84 Å². The number of halogens is 2. The van der Waals surface area contributed by atoms with Gasteiger partial charge >= 0.3 is 5.97 Å². The largest absolute Gasteiger partial charge is 0.487 e. The standard InChI is InChI=1S/C14H10BrClO3/c15-10-6-7-11(13(16)12(10)14(17)18)19-8-9-4-2-1-3-5-9/h1-7H,8H2,(H,17,18). The molecule has 5 heteroatoms. The van der Waals surface area contributed by atoms with E-state index >= 15 is 0 Å². The van der Waals surface area contributed by atoms with Crippen LogP contribution in [0.2, 0.25) is 5.02 Å². The van der Waals surface area contributed by atoms with E-state index in [1.807, 2.05) is 30.3 Å². The molecular formula is C14H10BrClO3. The van der Waals surface area contributed by atoms with Crippen LogP contribution in [0.1, 0.15) is 15.9 Å². The lowest BCUT2D eigenvalue weighted by Gasteiger charge is -2.10. The molecule has 1 N–H and O–H groups in total. The molecule has 0 aromatic heterocycles. The highest BCUT2D eigenvalue weighted by Gasteiger charge is 2.17. The minimum absolute atomic E-state index is 0.00669. The summed E-state index contributed by atoms with van der Waals surface area (Å²) in [4.78, 5) is 11.1. The molecule has 98 valence electrons. The molecule has 0 bridgehead atoms. The van der Waals surface area contributed by atoms with E-state index in [9.17, 15) is 4.79 Å². The number of rotatable bonds is 4. The number of carboxylic acid groups (broad SMARTS) is 1. The second kappa shape index (κ2) is 6.08. The third kappa shape index (κ3) is 3.28. The quantitative estimate of drug-likeness (QED) is 0.897. The molecule has 0 amide bonds. The summed E-state index contributed by atoms with van der Waals surface area (Å²) in [6.45, 7) is 0.335. The monoisotopic (exact) mass is 340 g/mol. The Hall–Kier alpha value is -1.52. The molecule has 0 saturated heterocycles. The summed E-state index contributed by atoms with van der Waals surface area (Å²) in [5.41, 5.74) is 0.991. The minimum Gasteiger partial charge on any atom is -0.487 e. The fraction of sp³-hybridized carbons (Fsp3) is 0.0714. The van der Waals surface area contributed by atoms with Crippen LogP contribution in [0, 0.1) is 0 Å². The minimum atomic E-state index is -1.10. The third-order valence-corrected chi connectivity index (χ3v) is 3.54. The van der Waals surface area contributed by atoms with Gasteiger partial charge in [0, 0.05) is 4.47 Å². The summed E-state index contributed by atoms with van der Waals surface area (Å²) in [7, 11) is 0. The van der Waals surface area contributed by atoms with Crippen LogP contribution >= 0.6 is 27.5 Å². The molecule has 2 aromatic carbocycles. The highest BCUT2D eigenvalue weighted by molar-refractivity contribution is 9.10. The fourth-order valence-corrected chi connectivity index (χ4v) is 2.49. The van der Waals surface area contributed by atoms with E-state index < -0.39 is 5.97 Å². The summed E-state index contributed by atoms with van der Waals surface area (Å²) in [5.74, 6) is -0.742. The van der Waals surface area contributed by atoms with Gasteiger partial charge in [0.1, 0.15) is 12.4 Å². The lowest BCUT2D eigenvalue weighted by Crippen LogP contribution is -2.02. The molecule has 0 radical (unpaired) electrons. The van der Waals surface area contributed by atoms with Crippen LogP contribution in [0.15, 0.2) is 46.9 Å². The molecule has 0 aliphatic heterocycles. The van der Waals surface area contributed by atoms with E-state index in [-0.39, 0.29) is 10.6 Å². The second-order valence-corrected chi connectivity index (χ2v) is 5.05. The number of carbonyl (C=O) groups is 1. The van der Waals surface area contributed by atoms with Crippen molar-refractivity contribution in [3.8, 4) is 5.75 Å². The average Bonchev–Trinajstić information content (AvgIpc) is 2.38. The first kappa shape index (κ1) is 13.9. The van der Waals surface area contributed by atoms with Gasteiger partial charge in [-0.25, -0.2) is 4.79 Å². The predicted octanol–water partition coefficient (Wildman–Crippen LogP) is 4.38. The first-order valence-electron chi connectivity index (χ1n) is 5.47. The first-order chi connectivity index (χ1) is 9.09. The van der Waals surface area contributed by atoms with Crippen LogP contribution < -0.4 is 4.74 Å². The van der Waals surface area contributed by atoms with Gasteiger partial charge in [0.15, 0.2) is 0 Å². The van der Waals surface area contributed by atoms with Gasteiger partial charge in [0.25, 0.3) is 0 Å². The maximum absolute atomic E-state index is 11.1. The number of hydrogen-bond donors (Lipinski definition) is 1. The lowest BCUT2D eigenvalue weighted by molar-refractivity contribution is 0.0695. The number of hydrogen-bond acceptors (Lipinski definition) is 2. The molecule has 19 heavy (non-hydrogen) atoms. The van der Waals surface area contributed by atoms with Gasteiger partial charge in [-0.2, -0.15) is 0 Å². The third-order valence-electron chi connectivity index (χ3n) is 2.51. The summed E-state index contributed by atoms with van der Waals surface area (Å²) >= 11 is 9.20. The van der Waals surface area contributed by atoms with Crippen LogP contribution in [-0.4, -0.2) is 11.1 Å². The van der Waals surface area contributed by atoms with Crippen LogP contribution in [0.25, 0.3) is 0 Å². The van der Waals surface area contributed by atoms with Gasteiger partial charge in [0.05, 0.1) is 10.6 Å². The zero-order valence-corrected chi connectivity index (χ0v) is 12.1. The molecule has 2 aromatic rings. The summed E-state index contributed by atoms with van der Waals surface area (Å²) < 4.78 is 5.98. The predicted molar refractivity (Wildman–Crippen MR) is 76.9 cm³/mol. The van der Waals surface area contributed by atoms with Gasteiger partial charge in [-0.15, -0.1) is 0 Å². The smallest absolute Gasteiger partial charge is 0.338 e. The molecule has 0 spiro atoms. The highest BCUT2D eigenvalue weighted by Crippen LogP contribution is 2.34. The highest BCUT2D eigenvalue weighted by atomic mass is 79.9. The van der Waals surface area contributed by atoms with E-state index in [2.05, 4.69) is 15.9 Å². The summed E-state index contributed by atoms with van der Waals surface area (Å²) in [5, 5.41) is 9.18. The van der Waals surface area contributed by atoms with Gasteiger partial charge in [0.2, 0.25) is 0 Å². The molecule has 0 aliphatic rings. The Morgan fingerprint density at radius 2 is 1.89 bits per heavy atom. The molecular weight excluding hydrogens is 332 g/mol. The lowest BCUT2D eigenvalue weighted by atomic mass is 10.2. The van der Waals surface area contributed by atoms with Gasteiger partial charge in [-0.05, 0) is 33.6 Å². The Morgan fingerprint density at radius 3 is 2.53 bits per heavy atom. The zero-order valence-electron chi connectivity index (χ0n) is 9.77. The molecule has 0 fully saturated rings. The van der Waals surface area contributed by atoms with Crippen molar-refractivity contribution in [1.82, 2.24) is 0 Å².